The summed E-state index contributed by atoms with van der Waals surface area (Å²) < 4.78 is 29.6. The number of thiazole rings is 1. The predicted octanol–water partition coefficient (Wildman–Crippen LogP) is 4.46. The van der Waals surface area contributed by atoms with Gasteiger partial charge >= 0.3 is 0 Å². The summed E-state index contributed by atoms with van der Waals surface area (Å²) in [6.07, 6.45) is 3.48. The SMILES string of the molecule is C[C@@H](C(=O)N1CCN(c2ccc(S(=O)(=O)Nc3nccs3)cc2)CC1)n1ccc2ccc(Cl)cc21. The van der Waals surface area contributed by atoms with Crippen molar-refractivity contribution in [2.75, 3.05) is 35.8 Å². The highest BCUT2D eigenvalue weighted by atomic mass is 35.5. The number of sulfonamides is 1. The van der Waals surface area contributed by atoms with Gasteiger partial charge in [0.25, 0.3) is 10.0 Å². The molecule has 182 valence electrons. The molecule has 3 heterocycles. The highest BCUT2D eigenvalue weighted by molar-refractivity contribution is 7.93. The van der Waals surface area contributed by atoms with Crippen LogP contribution in [-0.4, -0.2) is 55.0 Å². The van der Waals surface area contributed by atoms with E-state index in [1.54, 1.807) is 35.8 Å². The van der Waals surface area contributed by atoms with E-state index >= 15 is 0 Å². The van der Waals surface area contributed by atoms with Gasteiger partial charge in [0.1, 0.15) is 6.04 Å². The number of anilines is 2. The van der Waals surface area contributed by atoms with Gasteiger partial charge in [0.2, 0.25) is 5.91 Å². The third-order valence-electron chi connectivity index (χ3n) is 6.22. The maximum Gasteiger partial charge on any atom is 0.263 e. The first-order chi connectivity index (χ1) is 16.8. The highest BCUT2D eigenvalue weighted by Crippen LogP contribution is 2.26. The largest absolute Gasteiger partial charge is 0.368 e. The van der Waals surface area contributed by atoms with Crippen LogP contribution in [0.4, 0.5) is 10.8 Å². The molecule has 0 bridgehead atoms. The summed E-state index contributed by atoms with van der Waals surface area (Å²) in [6, 6.07) is 14.1. The fourth-order valence-corrected chi connectivity index (χ4v) is 6.27. The molecule has 1 aliphatic rings. The number of fused-ring (bicyclic) bond motifs is 1. The van der Waals surface area contributed by atoms with Crippen LogP contribution in [0.5, 0.6) is 0 Å². The number of benzene rings is 2. The number of hydrogen-bond acceptors (Lipinski definition) is 6. The second-order valence-corrected chi connectivity index (χ2v) is 11.4. The van der Waals surface area contributed by atoms with Crippen LogP contribution in [0.1, 0.15) is 13.0 Å². The van der Waals surface area contributed by atoms with Crippen LogP contribution in [0, 0.1) is 0 Å². The lowest BCUT2D eigenvalue weighted by Gasteiger charge is -2.37. The summed E-state index contributed by atoms with van der Waals surface area (Å²) in [6.45, 7) is 4.43. The maximum atomic E-state index is 13.2. The fraction of sp³-hybridized carbons (Fsp3) is 0.250. The summed E-state index contributed by atoms with van der Waals surface area (Å²) in [5.41, 5.74) is 1.86. The molecule has 0 aliphatic carbocycles. The zero-order valence-corrected chi connectivity index (χ0v) is 21.4. The smallest absolute Gasteiger partial charge is 0.263 e. The molecule has 4 aromatic rings. The zero-order chi connectivity index (χ0) is 24.6. The van der Waals surface area contributed by atoms with E-state index in [1.807, 2.05) is 46.9 Å². The zero-order valence-electron chi connectivity index (χ0n) is 19.0. The normalized spacial score (nSPS) is 15.4. The molecule has 2 aromatic heterocycles. The standard InChI is InChI=1S/C24H24ClN5O3S2/c1-17(30-10-8-18-2-3-19(25)16-22(18)30)23(31)29-13-11-28(12-14-29)20-4-6-21(7-5-20)35(32,33)27-24-26-9-15-34-24/h2-10,15-17H,11-14H2,1H3,(H,26,27)/t17-/m0/s1. The molecular formula is C24H24ClN5O3S2. The molecule has 35 heavy (non-hydrogen) atoms. The molecule has 1 atom stereocenters. The molecule has 0 saturated carbocycles. The minimum atomic E-state index is -3.68. The Morgan fingerprint density at radius 1 is 1.09 bits per heavy atom. The molecule has 2 aromatic carbocycles. The molecular weight excluding hydrogens is 506 g/mol. The molecule has 1 N–H and O–H groups in total. The van der Waals surface area contributed by atoms with Crippen molar-refractivity contribution in [3.05, 3.63) is 71.3 Å². The lowest BCUT2D eigenvalue weighted by molar-refractivity contribution is -0.134. The maximum absolute atomic E-state index is 13.2. The van der Waals surface area contributed by atoms with Crippen molar-refractivity contribution < 1.29 is 13.2 Å². The van der Waals surface area contributed by atoms with Crippen LogP contribution in [0.2, 0.25) is 5.02 Å². The predicted molar refractivity (Wildman–Crippen MR) is 140 cm³/mol. The molecule has 0 spiro atoms. The summed E-state index contributed by atoms with van der Waals surface area (Å²) in [5, 5.41) is 3.73. The molecule has 1 amide bonds. The van der Waals surface area contributed by atoms with Gasteiger partial charge in [0, 0.05) is 54.7 Å². The minimum absolute atomic E-state index is 0.0665. The van der Waals surface area contributed by atoms with Crippen molar-refractivity contribution in [3.63, 3.8) is 0 Å². The number of nitrogens with one attached hydrogen (secondary N) is 1. The van der Waals surface area contributed by atoms with Gasteiger partial charge in [-0.15, -0.1) is 11.3 Å². The summed E-state index contributed by atoms with van der Waals surface area (Å²) in [4.78, 5) is 21.4. The Hall–Kier alpha value is -3.08. The first-order valence-corrected chi connectivity index (χ1v) is 13.9. The van der Waals surface area contributed by atoms with Gasteiger partial charge in [0.15, 0.2) is 5.13 Å². The number of aromatic nitrogens is 2. The lowest BCUT2D eigenvalue weighted by atomic mass is 10.2. The van der Waals surface area contributed by atoms with Gasteiger partial charge < -0.3 is 14.4 Å². The van der Waals surface area contributed by atoms with Crippen molar-refractivity contribution in [3.8, 4) is 0 Å². The Morgan fingerprint density at radius 3 is 2.51 bits per heavy atom. The van der Waals surface area contributed by atoms with Crippen LogP contribution in [0.15, 0.2) is 71.2 Å². The average molecular weight is 530 g/mol. The van der Waals surface area contributed by atoms with E-state index in [-0.39, 0.29) is 16.8 Å². The number of amides is 1. The van der Waals surface area contributed by atoms with E-state index in [0.29, 0.717) is 36.3 Å². The van der Waals surface area contributed by atoms with Crippen LogP contribution in [-0.2, 0) is 14.8 Å². The number of hydrogen-bond donors (Lipinski definition) is 1. The Bertz CT molecular complexity index is 1440. The van der Waals surface area contributed by atoms with Crippen LogP contribution >= 0.6 is 22.9 Å². The quantitative estimate of drug-likeness (QED) is 0.398. The van der Waals surface area contributed by atoms with E-state index in [9.17, 15) is 13.2 Å². The Morgan fingerprint density at radius 2 is 1.83 bits per heavy atom. The molecule has 8 nitrogen and oxygen atoms in total. The van der Waals surface area contributed by atoms with Crippen LogP contribution in [0.3, 0.4) is 0 Å². The topological polar surface area (TPSA) is 87.5 Å². The second kappa shape index (κ2) is 9.52. The minimum Gasteiger partial charge on any atom is -0.368 e. The van der Waals surface area contributed by atoms with Crippen molar-refractivity contribution in [2.45, 2.75) is 17.9 Å². The molecule has 1 saturated heterocycles. The van der Waals surface area contributed by atoms with Gasteiger partial charge in [-0.2, -0.15) is 0 Å². The fourth-order valence-electron chi connectivity index (χ4n) is 4.31. The van der Waals surface area contributed by atoms with Crippen LogP contribution < -0.4 is 9.62 Å². The summed E-state index contributed by atoms with van der Waals surface area (Å²) in [5.74, 6) is 0.0665. The number of carbonyl (C=O) groups is 1. The number of piperazine rings is 1. The monoisotopic (exact) mass is 529 g/mol. The van der Waals surface area contributed by atoms with Gasteiger partial charge in [-0.25, -0.2) is 13.4 Å². The van der Waals surface area contributed by atoms with Gasteiger partial charge in [0.05, 0.1) is 10.4 Å². The Labute approximate surface area is 212 Å². The second-order valence-electron chi connectivity index (χ2n) is 8.35. The van der Waals surface area contributed by atoms with E-state index in [4.69, 9.17) is 11.6 Å². The van der Waals surface area contributed by atoms with Gasteiger partial charge in [-0.05, 0) is 54.8 Å². The number of carbonyl (C=O) groups excluding carboxylic acids is 1. The Balaban J connectivity index is 1.22. The van der Waals surface area contributed by atoms with E-state index in [0.717, 1.165) is 16.6 Å². The first-order valence-electron chi connectivity index (χ1n) is 11.1. The molecule has 0 unspecified atom stereocenters. The average Bonchev–Trinajstić information content (AvgIpc) is 3.52. The summed E-state index contributed by atoms with van der Waals surface area (Å²) >= 11 is 7.39. The third kappa shape index (κ3) is 4.86. The molecule has 5 rings (SSSR count). The van der Waals surface area contributed by atoms with Crippen molar-refractivity contribution in [1.29, 1.82) is 0 Å². The van der Waals surface area contributed by atoms with E-state index < -0.39 is 10.0 Å². The van der Waals surface area contributed by atoms with Crippen molar-refractivity contribution in [2.24, 2.45) is 0 Å². The van der Waals surface area contributed by atoms with Crippen molar-refractivity contribution in [1.82, 2.24) is 14.5 Å². The van der Waals surface area contributed by atoms with Crippen molar-refractivity contribution >= 4 is 60.6 Å². The molecule has 11 heteroatoms. The third-order valence-corrected chi connectivity index (χ3v) is 8.63. The summed E-state index contributed by atoms with van der Waals surface area (Å²) in [7, 11) is -3.68. The van der Waals surface area contributed by atoms with Crippen LogP contribution in [0.25, 0.3) is 10.9 Å². The van der Waals surface area contributed by atoms with E-state index in [2.05, 4.69) is 14.6 Å². The number of halogens is 1. The molecule has 1 fully saturated rings. The van der Waals surface area contributed by atoms with E-state index in [1.165, 1.54) is 11.3 Å². The first kappa shape index (κ1) is 23.7. The number of rotatable bonds is 6. The Kier molecular flexibility index (Phi) is 6.43. The number of nitrogens with zero attached hydrogens (tertiary/aromatic N) is 4. The molecule has 0 radical (unpaired) electrons. The molecule has 1 aliphatic heterocycles. The highest BCUT2D eigenvalue weighted by Gasteiger charge is 2.27. The lowest BCUT2D eigenvalue weighted by Crippen LogP contribution is -2.50. The van der Waals surface area contributed by atoms with Gasteiger partial charge in [-0.3, -0.25) is 9.52 Å². The van der Waals surface area contributed by atoms with Gasteiger partial charge in [-0.1, -0.05) is 17.7 Å².